The number of methoxy groups -OCH3 is 1. The molecule has 0 radical (unpaired) electrons. The molecule has 0 bridgehead atoms. The summed E-state index contributed by atoms with van der Waals surface area (Å²) in [5.74, 6) is -0.764. The van der Waals surface area contributed by atoms with E-state index in [4.69, 9.17) is 10.5 Å². The molecule has 1 amide bonds. The van der Waals surface area contributed by atoms with E-state index < -0.39 is 17.8 Å². The van der Waals surface area contributed by atoms with Gasteiger partial charge in [0, 0.05) is 16.8 Å². The van der Waals surface area contributed by atoms with Crippen LogP contribution in [0.1, 0.15) is 16.7 Å². The van der Waals surface area contributed by atoms with Crippen LogP contribution in [0.2, 0.25) is 0 Å². The van der Waals surface area contributed by atoms with Crippen molar-refractivity contribution in [3.05, 3.63) is 89.2 Å². The molecule has 0 saturated carbocycles. The summed E-state index contributed by atoms with van der Waals surface area (Å²) in [6.45, 7) is 0. The van der Waals surface area contributed by atoms with Crippen molar-refractivity contribution in [1.82, 2.24) is 0 Å². The van der Waals surface area contributed by atoms with Gasteiger partial charge in [0.25, 0.3) is 5.91 Å². The molecule has 1 heterocycles. The molecular formula is C25H21FN2O4. The lowest BCUT2D eigenvalue weighted by atomic mass is 10.0. The zero-order valence-corrected chi connectivity index (χ0v) is 17.3. The van der Waals surface area contributed by atoms with Crippen molar-refractivity contribution >= 4 is 29.2 Å². The highest BCUT2D eigenvalue weighted by molar-refractivity contribution is 6.34. The average Bonchev–Trinajstić information content (AvgIpc) is 3.11. The van der Waals surface area contributed by atoms with E-state index in [9.17, 15) is 14.0 Å². The molecule has 1 aliphatic rings. The van der Waals surface area contributed by atoms with Crippen molar-refractivity contribution in [3.63, 3.8) is 0 Å². The largest absolute Gasteiger partial charge is 0.468 e. The highest BCUT2D eigenvalue weighted by Crippen LogP contribution is 2.33. The van der Waals surface area contributed by atoms with Crippen LogP contribution in [0.25, 0.3) is 11.6 Å². The van der Waals surface area contributed by atoms with Crippen LogP contribution in [-0.4, -0.2) is 25.0 Å². The normalized spacial score (nSPS) is 14.6. The molecule has 0 aromatic heterocycles. The summed E-state index contributed by atoms with van der Waals surface area (Å²) in [4.78, 5) is 23.7. The number of anilines is 1. The monoisotopic (exact) mass is 432 g/mol. The van der Waals surface area contributed by atoms with Crippen LogP contribution in [0.4, 0.5) is 10.1 Å². The van der Waals surface area contributed by atoms with E-state index in [1.807, 2.05) is 24.3 Å². The van der Waals surface area contributed by atoms with Crippen LogP contribution in [0, 0.1) is 5.82 Å². The maximum Gasteiger partial charge on any atom is 0.322 e. The van der Waals surface area contributed by atoms with Crippen molar-refractivity contribution in [2.24, 2.45) is 5.73 Å². The Morgan fingerprint density at radius 3 is 2.59 bits per heavy atom. The summed E-state index contributed by atoms with van der Waals surface area (Å²) in [5.41, 5.74) is 9.14. The first kappa shape index (κ1) is 21.3. The van der Waals surface area contributed by atoms with Gasteiger partial charge in [0.1, 0.15) is 11.8 Å². The quantitative estimate of drug-likeness (QED) is 0.451. The zero-order valence-electron chi connectivity index (χ0n) is 17.3. The Kier molecular flexibility index (Phi) is 6.00. The molecule has 0 spiro atoms. The standard InChI is InChI=1S/C25H21FN2O4/c1-31-25(30)21(27)14-15-6-9-17(10-7-15)32-23-11-8-16(13-20(23)26)12-19-18-4-2-3-5-22(18)28-24(19)29/h2-13,21H,14,27H2,1H3,(H,28,29)/b19-12+/t21-/m0/s1. The third kappa shape index (κ3) is 4.53. The van der Waals surface area contributed by atoms with Crippen LogP contribution in [0.5, 0.6) is 11.5 Å². The molecule has 1 atom stereocenters. The molecule has 0 aliphatic carbocycles. The predicted molar refractivity (Wildman–Crippen MR) is 120 cm³/mol. The van der Waals surface area contributed by atoms with Gasteiger partial charge in [-0.05, 0) is 54.0 Å². The van der Waals surface area contributed by atoms with Crippen molar-refractivity contribution in [1.29, 1.82) is 0 Å². The van der Waals surface area contributed by atoms with Gasteiger partial charge in [-0.25, -0.2) is 4.39 Å². The number of hydrogen-bond acceptors (Lipinski definition) is 5. The highest BCUT2D eigenvalue weighted by Gasteiger charge is 2.23. The number of amides is 1. The Morgan fingerprint density at radius 2 is 1.88 bits per heavy atom. The van der Waals surface area contributed by atoms with Crippen LogP contribution in [0.3, 0.4) is 0 Å². The lowest BCUT2D eigenvalue weighted by Crippen LogP contribution is -2.33. The predicted octanol–water partition coefficient (Wildman–Crippen LogP) is 4.15. The van der Waals surface area contributed by atoms with E-state index in [0.717, 1.165) is 16.8 Å². The minimum Gasteiger partial charge on any atom is -0.468 e. The molecule has 1 aliphatic heterocycles. The SMILES string of the molecule is COC(=O)[C@@H](N)Cc1ccc(Oc2ccc(/C=C3/C(=O)Nc4ccccc43)cc2F)cc1. The molecule has 0 fully saturated rings. The first-order valence-corrected chi connectivity index (χ1v) is 9.97. The smallest absolute Gasteiger partial charge is 0.322 e. The summed E-state index contributed by atoms with van der Waals surface area (Å²) < 4.78 is 24.9. The van der Waals surface area contributed by atoms with E-state index in [1.54, 1.807) is 36.4 Å². The molecule has 3 N–H and O–H groups in total. The third-order valence-electron chi connectivity index (χ3n) is 5.09. The number of para-hydroxylation sites is 1. The summed E-state index contributed by atoms with van der Waals surface area (Å²) >= 11 is 0. The van der Waals surface area contributed by atoms with E-state index in [-0.39, 0.29) is 11.7 Å². The minimum atomic E-state index is -0.750. The van der Waals surface area contributed by atoms with Crippen molar-refractivity contribution < 1.29 is 23.5 Å². The summed E-state index contributed by atoms with van der Waals surface area (Å²) in [7, 11) is 1.29. The van der Waals surface area contributed by atoms with Gasteiger partial charge in [-0.1, -0.05) is 36.4 Å². The number of nitrogens with one attached hydrogen (secondary N) is 1. The minimum absolute atomic E-state index is 0.0578. The number of ether oxygens (including phenoxy) is 2. The van der Waals surface area contributed by atoms with Gasteiger partial charge in [-0.3, -0.25) is 9.59 Å². The molecule has 0 unspecified atom stereocenters. The molecule has 3 aromatic rings. The number of esters is 1. The third-order valence-corrected chi connectivity index (χ3v) is 5.09. The first-order valence-electron chi connectivity index (χ1n) is 9.97. The topological polar surface area (TPSA) is 90.7 Å². The van der Waals surface area contributed by atoms with Crippen LogP contribution < -0.4 is 15.8 Å². The van der Waals surface area contributed by atoms with Crippen LogP contribution >= 0.6 is 0 Å². The highest BCUT2D eigenvalue weighted by atomic mass is 19.1. The summed E-state index contributed by atoms with van der Waals surface area (Å²) in [6.07, 6.45) is 1.97. The molecule has 162 valence electrons. The summed E-state index contributed by atoms with van der Waals surface area (Å²) in [6, 6.07) is 18.0. The van der Waals surface area contributed by atoms with E-state index in [2.05, 4.69) is 10.1 Å². The van der Waals surface area contributed by atoms with Gasteiger partial charge in [0.2, 0.25) is 0 Å². The molecule has 0 saturated heterocycles. The molecular weight excluding hydrogens is 411 g/mol. The Hall–Kier alpha value is -3.97. The number of carbonyl (C=O) groups excluding carboxylic acids is 2. The second-order valence-electron chi connectivity index (χ2n) is 7.33. The Bertz CT molecular complexity index is 1200. The first-order chi connectivity index (χ1) is 15.4. The fourth-order valence-corrected chi connectivity index (χ4v) is 3.45. The molecule has 6 nitrogen and oxygen atoms in total. The number of hydrogen-bond donors (Lipinski definition) is 2. The maximum absolute atomic E-state index is 14.7. The van der Waals surface area contributed by atoms with E-state index >= 15 is 0 Å². The van der Waals surface area contributed by atoms with Gasteiger partial charge in [-0.15, -0.1) is 0 Å². The Balaban J connectivity index is 1.48. The molecule has 3 aromatic carbocycles. The second kappa shape index (κ2) is 9.03. The van der Waals surface area contributed by atoms with Crippen LogP contribution in [-0.2, 0) is 20.7 Å². The molecule has 7 heteroatoms. The van der Waals surface area contributed by atoms with E-state index in [1.165, 1.54) is 19.2 Å². The van der Waals surface area contributed by atoms with Crippen LogP contribution in [0.15, 0.2) is 66.7 Å². The molecule has 32 heavy (non-hydrogen) atoms. The van der Waals surface area contributed by atoms with Crippen molar-refractivity contribution in [3.8, 4) is 11.5 Å². The number of halogens is 1. The van der Waals surface area contributed by atoms with Crippen molar-refractivity contribution in [2.45, 2.75) is 12.5 Å². The number of nitrogens with two attached hydrogens (primary N) is 1. The molecule has 4 rings (SSSR count). The number of rotatable bonds is 6. The lowest BCUT2D eigenvalue weighted by molar-refractivity contribution is -0.142. The van der Waals surface area contributed by atoms with Crippen molar-refractivity contribution in [2.75, 3.05) is 12.4 Å². The van der Waals surface area contributed by atoms with Gasteiger partial charge >= 0.3 is 5.97 Å². The number of fused-ring (bicyclic) bond motifs is 1. The maximum atomic E-state index is 14.7. The average molecular weight is 432 g/mol. The fraction of sp³-hybridized carbons (Fsp3) is 0.120. The zero-order chi connectivity index (χ0) is 22.7. The van der Waals surface area contributed by atoms with Gasteiger partial charge in [0.05, 0.1) is 7.11 Å². The van der Waals surface area contributed by atoms with Gasteiger partial charge < -0.3 is 20.5 Å². The second-order valence-corrected chi connectivity index (χ2v) is 7.33. The summed E-state index contributed by atoms with van der Waals surface area (Å²) in [5, 5.41) is 2.79. The lowest BCUT2D eigenvalue weighted by Gasteiger charge is -2.11. The van der Waals surface area contributed by atoms with Gasteiger partial charge in [0.15, 0.2) is 11.6 Å². The van der Waals surface area contributed by atoms with E-state index in [0.29, 0.717) is 23.3 Å². The number of carbonyl (C=O) groups is 2. The Labute approximate surface area is 184 Å². The Morgan fingerprint density at radius 1 is 1.12 bits per heavy atom. The van der Waals surface area contributed by atoms with Gasteiger partial charge in [-0.2, -0.15) is 0 Å². The number of benzene rings is 3. The fourth-order valence-electron chi connectivity index (χ4n) is 3.45.